The zero-order valence-electron chi connectivity index (χ0n) is 8.72. The predicted octanol–water partition coefficient (Wildman–Crippen LogP) is 3.95. The van der Waals surface area contributed by atoms with E-state index in [-0.39, 0.29) is 0 Å². The Kier molecular flexibility index (Phi) is 3.13. The molecule has 1 aliphatic rings. The third kappa shape index (κ3) is 2.23. The number of hydrogen-bond donors (Lipinski definition) is 0. The van der Waals surface area contributed by atoms with Gasteiger partial charge in [0.15, 0.2) is 0 Å². The minimum Gasteiger partial charge on any atom is -0.0807 e. The highest BCUT2D eigenvalue weighted by atomic mass is 14.2. The predicted molar refractivity (Wildman–Crippen MR) is 55.1 cm³/mol. The number of hydrogen-bond acceptors (Lipinski definition) is 0. The summed E-state index contributed by atoms with van der Waals surface area (Å²) in [5, 5.41) is 0. The van der Waals surface area contributed by atoms with E-state index in [1.54, 1.807) is 11.1 Å². The maximum absolute atomic E-state index is 2.42. The average Bonchev–Trinajstić information content (AvgIpc) is 2.04. The topological polar surface area (TPSA) is 0 Å². The Morgan fingerprint density at radius 2 is 1.17 bits per heavy atom. The molecule has 0 radical (unpaired) electrons. The molecule has 0 aromatic rings. The van der Waals surface area contributed by atoms with Crippen LogP contribution in [0.1, 0.15) is 40.5 Å². The summed E-state index contributed by atoms with van der Waals surface area (Å²) in [7, 11) is 0. The summed E-state index contributed by atoms with van der Waals surface area (Å²) in [6, 6.07) is 0. The molecule has 0 heteroatoms. The summed E-state index contributed by atoms with van der Waals surface area (Å²) in [6.07, 6.45) is 7.20. The van der Waals surface area contributed by atoms with Gasteiger partial charge in [0.05, 0.1) is 0 Å². The van der Waals surface area contributed by atoms with Crippen LogP contribution in [0.2, 0.25) is 0 Å². The van der Waals surface area contributed by atoms with Crippen molar-refractivity contribution in [1.29, 1.82) is 0 Å². The van der Waals surface area contributed by atoms with E-state index in [1.807, 2.05) is 0 Å². The first-order chi connectivity index (χ1) is 5.61. The highest BCUT2D eigenvalue weighted by molar-refractivity contribution is 5.23. The Morgan fingerprint density at radius 3 is 1.33 bits per heavy atom. The Bertz CT molecular complexity index is 180. The highest BCUT2D eigenvalue weighted by Gasteiger charge is 2.09. The molecule has 0 fully saturated rings. The molecule has 0 bridgehead atoms. The van der Waals surface area contributed by atoms with Crippen LogP contribution in [0.5, 0.6) is 0 Å². The fraction of sp³-hybridized carbons (Fsp3) is 0.667. The van der Waals surface area contributed by atoms with Gasteiger partial charge in [0.2, 0.25) is 0 Å². The summed E-state index contributed by atoms with van der Waals surface area (Å²) in [5.74, 6) is 1.46. The lowest BCUT2D eigenvalue weighted by Crippen LogP contribution is -2.02. The number of allylic oxidation sites excluding steroid dienone is 4. The zero-order chi connectivity index (χ0) is 9.14. The molecule has 0 amide bonds. The van der Waals surface area contributed by atoms with E-state index < -0.39 is 0 Å². The first-order valence-corrected chi connectivity index (χ1v) is 4.99. The average molecular weight is 164 g/mol. The molecule has 0 spiro atoms. The van der Waals surface area contributed by atoms with Gasteiger partial charge >= 0.3 is 0 Å². The Labute approximate surface area is 76.4 Å². The van der Waals surface area contributed by atoms with E-state index in [0.29, 0.717) is 0 Å². The minimum absolute atomic E-state index is 0.731. The molecule has 1 aliphatic carbocycles. The van der Waals surface area contributed by atoms with Gasteiger partial charge in [0.25, 0.3) is 0 Å². The van der Waals surface area contributed by atoms with E-state index in [1.165, 1.54) is 12.8 Å². The fourth-order valence-corrected chi connectivity index (χ4v) is 1.61. The van der Waals surface area contributed by atoms with Gasteiger partial charge in [-0.1, -0.05) is 51.0 Å². The monoisotopic (exact) mass is 164 g/mol. The van der Waals surface area contributed by atoms with Gasteiger partial charge in [-0.3, -0.25) is 0 Å². The van der Waals surface area contributed by atoms with E-state index in [9.17, 15) is 0 Å². The summed E-state index contributed by atoms with van der Waals surface area (Å²) in [6.45, 7) is 9.11. The van der Waals surface area contributed by atoms with Gasteiger partial charge in [-0.15, -0.1) is 0 Å². The van der Waals surface area contributed by atoms with Crippen molar-refractivity contribution in [3.63, 3.8) is 0 Å². The normalized spacial score (nSPS) is 18.2. The molecule has 12 heavy (non-hydrogen) atoms. The van der Waals surface area contributed by atoms with E-state index in [2.05, 4.69) is 39.8 Å². The van der Waals surface area contributed by atoms with Crippen LogP contribution in [0.25, 0.3) is 0 Å². The standard InChI is InChI=1S/C12H20/c1-9(2)11-5-7-12(8-6-11)10(3)4/h5,8-10H,6-7H2,1-4H3. The third-order valence-electron chi connectivity index (χ3n) is 2.68. The van der Waals surface area contributed by atoms with E-state index >= 15 is 0 Å². The van der Waals surface area contributed by atoms with Crippen LogP contribution in [-0.2, 0) is 0 Å². The molecule has 0 heterocycles. The van der Waals surface area contributed by atoms with E-state index in [0.717, 1.165) is 11.8 Å². The van der Waals surface area contributed by atoms with Crippen molar-refractivity contribution < 1.29 is 0 Å². The first kappa shape index (κ1) is 9.57. The molecule has 0 atom stereocenters. The summed E-state index contributed by atoms with van der Waals surface area (Å²) >= 11 is 0. The summed E-state index contributed by atoms with van der Waals surface area (Å²) in [5.41, 5.74) is 3.22. The molecule has 0 saturated carbocycles. The molecule has 0 saturated heterocycles. The minimum atomic E-state index is 0.731. The third-order valence-corrected chi connectivity index (χ3v) is 2.68. The SMILES string of the molecule is CC(C)C1=CCC(C(C)C)=CC1. The Hall–Kier alpha value is -0.520. The van der Waals surface area contributed by atoms with Crippen molar-refractivity contribution in [1.82, 2.24) is 0 Å². The van der Waals surface area contributed by atoms with E-state index in [4.69, 9.17) is 0 Å². The maximum atomic E-state index is 2.42. The maximum Gasteiger partial charge on any atom is -0.0133 e. The van der Waals surface area contributed by atoms with Crippen molar-refractivity contribution in [2.75, 3.05) is 0 Å². The second kappa shape index (κ2) is 3.93. The molecule has 1 rings (SSSR count). The van der Waals surface area contributed by atoms with Crippen LogP contribution >= 0.6 is 0 Å². The second-order valence-electron chi connectivity index (χ2n) is 4.28. The lowest BCUT2D eigenvalue weighted by atomic mass is 9.88. The molecule has 0 aromatic carbocycles. The van der Waals surface area contributed by atoms with Crippen molar-refractivity contribution in [2.45, 2.75) is 40.5 Å². The smallest absolute Gasteiger partial charge is 0.0133 e. The quantitative estimate of drug-likeness (QED) is 0.542. The molecule has 0 N–H and O–H groups in total. The van der Waals surface area contributed by atoms with Crippen molar-refractivity contribution in [2.24, 2.45) is 11.8 Å². The largest absolute Gasteiger partial charge is 0.0807 e. The van der Waals surface area contributed by atoms with Crippen molar-refractivity contribution in [3.8, 4) is 0 Å². The van der Waals surface area contributed by atoms with Gasteiger partial charge in [-0.25, -0.2) is 0 Å². The second-order valence-corrected chi connectivity index (χ2v) is 4.28. The summed E-state index contributed by atoms with van der Waals surface area (Å²) < 4.78 is 0. The van der Waals surface area contributed by atoms with Gasteiger partial charge in [-0.2, -0.15) is 0 Å². The van der Waals surface area contributed by atoms with Gasteiger partial charge in [0.1, 0.15) is 0 Å². The molecular formula is C12H20. The van der Waals surface area contributed by atoms with Gasteiger partial charge in [0, 0.05) is 0 Å². The molecule has 0 aliphatic heterocycles. The lowest BCUT2D eigenvalue weighted by molar-refractivity contribution is 0.693. The van der Waals surface area contributed by atoms with Gasteiger partial charge < -0.3 is 0 Å². The van der Waals surface area contributed by atoms with Gasteiger partial charge in [-0.05, 0) is 24.7 Å². The van der Waals surface area contributed by atoms with Crippen LogP contribution < -0.4 is 0 Å². The van der Waals surface area contributed by atoms with Crippen molar-refractivity contribution >= 4 is 0 Å². The molecule has 0 unspecified atom stereocenters. The first-order valence-electron chi connectivity index (χ1n) is 4.99. The van der Waals surface area contributed by atoms with Crippen LogP contribution in [0, 0.1) is 11.8 Å². The summed E-state index contributed by atoms with van der Waals surface area (Å²) in [4.78, 5) is 0. The zero-order valence-corrected chi connectivity index (χ0v) is 8.72. The molecule has 68 valence electrons. The van der Waals surface area contributed by atoms with Crippen LogP contribution in [0.4, 0.5) is 0 Å². The number of rotatable bonds is 2. The molecule has 0 nitrogen and oxygen atoms in total. The van der Waals surface area contributed by atoms with Crippen LogP contribution in [-0.4, -0.2) is 0 Å². The van der Waals surface area contributed by atoms with Crippen LogP contribution in [0.3, 0.4) is 0 Å². The fourth-order valence-electron chi connectivity index (χ4n) is 1.61. The molecule has 0 aromatic heterocycles. The van der Waals surface area contributed by atoms with Crippen LogP contribution in [0.15, 0.2) is 23.3 Å². The molecular weight excluding hydrogens is 144 g/mol. The Balaban J connectivity index is 2.54. The highest BCUT2D eigenvalue weighted by Crippen LogP contribution is 2.26. The lowest BCUT2D eigenvalue weighted by Gasteiger charge is -2.18. The van der Waals surface area contributed by atoms with Crippen molar-refractivity contribution in [3.05, 3.63) is 23.3 Å². The Morgan fingerprint density at radius 1 is 0.833 bits per heavy atom.